The van der Waals surface area contributed by atoms with Crippen molar-refractivity contribution in [3.63, 3.8) is 0 Å². The molecule has 0 aliphatic carbocycles. The Kier molecular flexibility index (Phi) is 13.4. The van der Waals surface area contributed by atoms with Crippen molar-refractivity contribution >= 4 is 5.97 Å². The summed E-state index contributed by atoms with van der Waals surface area (Å²) < 4.78 is 1.09. The summed E-state index contributed by atoms with van der Waals surface area (Å²) in [7, 11) is 6.64. The molecule has 0 unspecified atom stereocenters. The molecule has 0 amide bonds. The molecule has 0 aromatic rings. The number of halogens is 1. The van der Waals surface area contributed by atoms with Crippen LogP contribution in [-0.4, -0.2) is 43.2 Å². The summed E-state index contributed by atoms with van der Waals surface area (Å²) in [5, 5.41) is 7.60. The highest BCUT2D eigenvalue weighted by Gasteiger charge is 2.01. The molecule has 0 aliphatic heterocycles. The van der Waals surface area contributed by atoms with Gasteiger partial charge in [-0.1, -0.05) is 13.5 Å². The van der Waals surface area contributed by atoms with Crippen molar-refractivity contribution in [2.45, 2.75) is 13.3 Å². The third kappa shape index (κ3) is 34.4. The number of quaternary nitrogens is 1. The van der Waals surface area contributed by atoms with Crippen molar-refractivity contribution in [2.75, 3.05) is 27.7 Å². The van der Waals surface area contributed by atoms with Gasteiger partial charge < -0.3 is 22.0 Å². The molecule has 1 N–H and O–H groups in total. The highest BCUT2D eigenvalue weighted by atomic mass is 35.5. The molecule has 0 saturated carbocycles. The first-order chi connectivity index (χ1) is 5.33. The van der Waals surface area contributed by atoms with E-state index in [1.807, 2.05) is 0 Å². The number of carbonyl (C=O) groups is 1. The van der Waals surface area contributed by atoms with Crippen LogP contribution >= 0.6 is 0 Å². The SMILES string of the molecule is C=CC(=O)O.CCC[N+](C)(C)C.[Cl-]. The molecule has 0 saturated heterocycles. The summed E-state index contributed by atoms with van der Waals surface area (Å²) in [4.78, 5) is 9.25. The zero-order chi connectivity index (χ0) is 10.2. The Morgan fingerprint density at radius 3 is 1.77 bits per heavy atom. The van der Waals surface area contributed by atoms with Gasteiger partial charge in [-0.05, 0) is 6.42 Å². The van der Waals surface area contributed by atoms with E-state index in [-0.39, 0.29) is 12.4 Å². The second kappa shape index (κ2) is 9.55. The van der Waals surface area contributed by atoms with E-state index in [9.17, 15) is 4.79 Å². The molecule has 0 fully saturated rings. The summed E-state index contributed by atoms with van der Waals surface area (Å²) in [6.45, 7) is 6.45. The van der Waals surface area contributed by atoms with Crippen LogP contribution in [0.25, 0.3) is 0 Å². The van der Waals surface area contributed by atoms with Crippen LogP contribution in [0.1, 0.15) is 13.3 Å². The number of rotatable bonds is 3. The Balaban J connectivity index is -0.000000150. The molecule has 0 radical (unpaired) electrons. The average molecular weight is 210 g/mol. The van der Waals surface area contributed by atoms with Crippen molar-refractivity contribution in [1.29, 1.82) is 0 Å². The van der Waals surface area contributed by atoms with Crippen LogP contribution < -0.4 is 12.4 Å². The maximum atomic E-state index is 9.25. The number of hydrogen-bond acceptors (Lipinski definition) is 1. The molecule has 3 nitrogen and oxygen atoms in total. The molecule has 0 spiro atoms. The lowest BCUT2D eigenvalue weighted by atomic mass is 10.4. The zero-order valence-electron chi connectivity index (χ0n) is 8.88. The van der Waals surface area contributed by atoms with Gasteiger partial charge in [0.2, 0.25) is 0 Å². The van der Waals surface area contributed by atoms with Crippen molar-refractivity contribution in [3.8, 4) is 0 Å². The molecule has 4 heteroatoms. The first kappa shape index (κ1) is 18.3. The van der Waals surface area contributed by atoms with Crippen molar-refractivity contribution in [1.82, 2.24) is 0 Å². The molecule has 0 aromatic heterocycles. The Labute approximate surface area is 87.1 Å². The smallest absolute Gasteiger partial charge is 0.327 e. The summed E-state index contributed by atoms with van der Waals surface area (Å²) in [5.41, 5.74) is 0. The summed E-state index contributed by atoms with van der Waals surface area (Å²) in [5.74, 6) is -0.981. The Morgan fingerprint density at radius 1 is 1.46 bits per heavy atom. The predicted octanol–water partition coefficient (Wildman–Crippen LogP) is -1.64. The fraction of sp³-hybridized carbons (Fsp3) is 0.667. The fourth-order valence-electron chi connectivity index (χ4n) is 0.671. The van der Waals surface area contributed by atoms with Crippen LogP contribution in [0.15, 0.2) is 12.7 Å². The standard InChI is InChI=1S/C6H16N.C3H4O2.ClH/c1-5-6-7(2,3)4;1-2-3(4)5;/h5-6H2,1-4H3;2H,1H2,(H,4,5);1H/q+1;;/p-1. The lowest BCUT2D eigenvalue weighted by Crippen LogP contribution is -3.00. The summed E-state index contributed by atoms with van der Waals surface area (Å²) >= 11 is 0. The molecule has 13 heavy (non-hydrogen) atoms. The van der Waals surface area contributed by atoms with E-state index < -0.39 is 5.97 Å². The zero-order valence-corrected chi connectivity index (χ0v) is 9.64. The second-order valence-corrected chi connectivity index (χ2v) is 3.56. The van der Waals surface area contributed by atoms with Crippen LogP contribution in [0, 0.1) is 0 Å². The third-order valence-corrected chi connectivity index (χ3v) is 1.07. The first-order valence-electron chi connectivity index (χ1n) is 3.99. The van der Waals surface area contributed by atoms with Gasteiger partial charge in [-0.15, -0.1) is 0 Å². The van der Waals surface area contributed by atoms with E-state index in [1.54, 1.807) is 0 Å². The van der Waals surface area contributed by atoms with Gasteiger partial charge in [0.25, 0.3) is 0 Å². The maximum Gasteiger partial charge on any atom is 0.327 e. The molecule has 0 atom stereocenters. The molecule has 80 valence electrons. The molecular weight excluding hydrogens is 190 g/mol. The largest absolute Gasteiger partial charge is 1.00 e. The second-order valence-electron chi connectivity index (χ2n) is 3.56. The topological polar surface area (TPSA) is 37.3 Å². The van der Waals surface area contributed by atoms with E-state index in [2.05, 4.69) is 34.6 Å². The van der Waals surface area contributed by atoms with Gasteiger partial charge >= 0.3 is 5.97 Å². The molecule has 0 heterocycles. The van der Waals surface area contributed by atoms with E-state index in [4.69, 9.17) is 5.11 Å². The van der Waals surface area contributed by atoms with Crippen LogP contribution in [0.5, 0.6) is 0 Å². The predicted molar refractivity (Wildman–Crippen MR) is 51.0 cm³/mol. The highest BCUT2D eigenvalue weighted by molar-refractivity contribution is 5.78. The lowest BCUT2D eigenvalue weighted by Gasteiger charge is -2.22. The Hall–Kier alpha value is -0.540. The minimum atomic E-state index is -0.981. The van der Waals surface area contributed by atoms with E-state index >= 15 is 0 Å². The molecule has 0 bridgehead atoms. The van der Waals surface area contributed by atoms with E-state index in [0.29, 0.717) is 0 Å². The van der Waals surface area contributed by atoms with Crippen LogP contribution in [-0.2, 0) is 4.79 Å². The van der Waals surface area contributed by atoms with Gasteiger partial charge in [0, 0.05) is 6.08 Å². The third-order valence-electron chi connectivity index (χ3n) is 1.07. The fourth-order valence-corrected chi connectivity index (χ4v) is 0.671. The maximum absolute atomic E-state index is 9.25. The minimum Gasteiger partial charge on any atom is -1.00 e. The normalized spacial score (nSPS) is 8.92. The van der Waals surface area contributed by atoms with Crippen LogP contribution in [0.4, 0.5) is 0 Å². The first-order valence-corrected chi connectivity index (χ1v) is 3.99. The molecular formula is C9H20ClNO2. The van der Waals surface area contributed by atoms with Gasteiger partial charge in [0.15, 0.2) is 0 Å². The van der Waals surface area contributed by atoms with Gasteiger partial charge in [-0.2, -0.15) is 0 Å². The van der Waals surface area contributed by atoms with E-state index in [1.165, 1.54) is 13.0 Å². The van der Waals surface area contributed by atoms with Crippen molar-refractivity contribution in [3.05, 3.63) is 12.7 Å². The Bertz CT molecular complexity index is 141. The monoisotopic (exact) mass is 209 g/mol. The summed E-state index contributed by atoms with van der Waals surface area (Å²) in [6.07, 6.45) is 2.11. The summed E-state index contributed by atoms with van der Waals surface area (Å²) in [6, 6.07) is 0. The van der Waals surface area contributed by atoms with E-state index in [0.717, 1.165) is 10.6 Å². The van der Waals surface area contributed by atoms with Crippen molar-refractivity contribution in [2.24, 2.45) is 0 Å². The molecule has 0 rings (SSSR count). The molecule has 0 aromatic carbocycles. The quantitative estimate of drug-likeness (QED) is 0.448. The van der Waals surface area contributed by atoms with Gasteiger partial charge in [-0.25, -0.2) is 4.79 Å². The van der Waals surface area contributed by atoms with Crippen LogP contribution in [0.2, 0.25) is 0 Å². The van der Waals surface area contributed by atoms with Crippen molar-refractivity contribution < 1.29 is 26.8 Å². The van der Waals surface area contributed by atoms with Gasteiger partial charge in [0.1, 0.15) is 0 Å². The average Bonchev–Trinajstić information content (AvgIpc) is 1.86. The Morgan fingerprint density at radius 2 is 1.77 bits per heavy atom. The number of aliphatic carboxylic acids is 1. The minimum absolute atomic E-state index is 0. The highest BCUT2D eigenvalue weighted by Crippen LogP contribution is 1.90. The number of nitrogens with zero attached hydrogens (tertiary/aromatic N) is 1. The number of carboxylic acid groups (broad SMARTS) is 1. The van der Waals surface area contributed by atoms with Crippen LogP contribution in [0.3, 0.4) is 0 Å². The lowest BCUT2D eigenvalue weighted by molar-refractivity contribution is -0.870. The molecule has 0 aliphatic rings. The number of carboxylic acids is 1. The van der Waals surface area contributed by atoms with Gasteiger partial charge in [0.05, 0.1) is 27.7 Å². The number of hydrogen-bond donors (Lipinski definition) is 1. The van der Waals surface area contributed by atoms with Gasteiger partial charge in [-0.3, -0.25) is 0 Å².